The number of amides is 1. The Kier molecular flexibility index (Phi) is 9.77. The first-order chi connectivity index (χ1) is 12.7. The minimum absolute atomic E-state index is 0.0555. The van der Waals surface area contributed by atoms with Crippen LogP contribution in [0, 0.1) is 5.82 Å². The Morgan fingerprint density at radius 1 is 1.30 bits per heavy atom. The molecule has 0 saturated carbocycles. The van der Waals surface area contributed by atoms with Gasteiger partial charge in [0.05, 0.1) is 18.7 Å². The van der Waals surface area contributed by atoms with E-state index in [9.17, 15) is 17.6 Å². The lowest BCUT2D eigenvalue weighted by atomic mass is 10.1. The summed E-state index contributed by atoms with van der Waals surface area (Å²) < 4.78 is 35.6. The second-order valence-electron chi connectivity index (χ2n) is 6.38. The molecule has 1 amide bonds. The summed E-state index contributed by atoms with van der Waals surface area (Å²) in [6.45, 7) is 5.19. The van der Waals surface area contributed by atoms with E-state index in [2.05, 4.69) is 20.9 Å². The fraction of sp³-hybridized carbons (Fsp3) is 0.556. The van der Waals surface area contributed by atoms with E-state index >= 15 is 0 Å². The number of hydrogen-bond donors (Lipinski definition) is 3. The molecule has 1 unspecified atom stereocenters. The first-order valence-corrected chi connectivity index (χ1v) is 11.0. The molecule has 0 radical (unpaired) electrons. The van der Waals surface area contributed by atoms with E-state index < -0.39 is 9.84 Å². The fourth-order valence-corrected chi connectivity index (χ4v) is 3.06. The summed E-state index contributed by atoms with van der Waals surface area (Å²) in [6, 6.07) is 5.89. The molecule has 0 bridgehead atoms. The molecule has 9 heteroatoms. The second-order valence-corrected chi connectivity index (χ2v) is 8.64. The summed E-state index contributed by atoms with van der Waals surface area (Å²) in [5.74, 6) is 0.112. The minimum Gasteiger partial charge on any atom is -0.357 e. The summed E-state index contributed by atoms with van der Waals surface area (Å²) in [5, 5.41) is 8.97. The molecule has 0 spiro atoms. The van der Waals surface area contributed by atoms with Gasteiger partial charge in [-0.1, -0.05) is 12.1 Å². The molecule has 0 heterocycles. The first kappa shape index (κ1) is 22.9. The third-order valence-electron chi connectivity index (χ3n) is 3.61. The number of rotatable bonds is 10. The van der Waals surface area contributed by atoms with Gasteiger partial charge in [-0.25, -0.2) is 12.8 Å². The zero-order valence-electron chi connectivity index (χ0n) is 16.1. The number of hydrogen-bond acceptors (Lipinski definition) is 4. The maximum Gasteiger partial charge on any atom is 0.224 e. The molecule has 0 fully saturated rings. The third kappa shape index (κ3) is 11.2. The number of benzene rings is 1. The lowest BCUT2D eigenvalue weighted by Crippen LogP contribution is -2.43. The van der Waals surface area contributed by atoms with Gasteiger partial charge in [-0.15, -0.1) is 0 Å². The monoisotopic (exact) mass is 400 g/mol. The zero-order chi connectivity index (χ0) is 20.3. The van der Waals surface area contributed by atoms with Crippen molar-refractivity contribution in [2.24, 2.45) is 4.99 Å². The van der Waals surface area contributed by atoms with Gasteiger partial charge >= 0.3 is 0 Å². The smallest absolute Gasteiger partial charge is 0.224 e. The summed E-state index contributed by atoms with van der Waals surface area (Å²) in [5.41, 5.74) is 0.616. The number of halogens is 1. The Balaban J connectivity index is 2.40. The van der Waals surface area contributed by atoms with Crippen molar-refractivity contribution in [3.05, 3.63) is 35.6 Å². The third-order valence-corrected chi connectivity index (χ3v) is 4.58. The van der Waals surface area contributed by atoms with Crippen LogP contribution in [-0.2, 0) is 21.1 Å². The van der Waals surface area contributed by atoms with E-state index in [0.29, 0.717) is 37.6 Å². The average Bonchev–Trinajstić information content (AvgIpc) is 2.56. The molecule has 7 nitrogen and oxygen atoms in total. The zero-order valence-corrected chi connectivity index (χ0v) is 16.9. The average molecular weight is 401 g/mol. The van der Waals surface area contributed by atoms with Crippen molar-refractivity contribution in [3.8, 4) is 0 Å². The largest absolute Gasteiger partial charge is 0.357 e. The Hall–Kier alpha value is -2.16. The predicted octanol–water partition coefficient (Wildman–Crippen LogP) is 0.863. The van der Waals surface area contributed by atoms with E-state index in [1.807, 2.05) is 13.8 Å². The van der Waals surface area contributed by atoms with Crippen molar-refractivity contribution in [2.45, 2.75) is 32.7 Å². The molecule has 0 aromatic heterocycles. The van der Waals surface area contributed by atoms with Gasteiger partial charge in [-0.05, 0) is 38.0 Å². The van der Waals surface area contributed by atoms with Crippen LogP contribution in [0.25, 0.3) is 0 Å². The van der Waals surface area contributed by atoms with Gasteiger partial charge in [-0.2, -0.15) is 0 Å². The summed E-state index contributed by atoms with van der Waals surface area (Å²) in [6.07, 6.45) is 1.81. The highest BCUT2D eigenvalue weighted by Gasteiger charge is 2.09. The van der Waals surface area contributed by atoms with Crippen LogP contribution in [0.2, 0.25) is 0 Å². The molecule has 152 valence electrons. The van der Waals surface area contributed by atoms with Crippen LogP contribution >= 0.6 is 0 Å². The van der Waals surface area contributed by atoms with Crippen molar-refractivity contribution in [2.75, 3.05) is 31.6 Å². The number of guanidine groups is 1. The molecule has 3 N–H and O–H groups in total. The number of nitrogens with zero attached hydrogens (tertiary/aromatic N) is 1. The van der Waals surface area contributed by atoms with E-state index in [1.165, 1.54) is 18.4 Å². The standard InChI is InChI=1S/C18H29FN4O3S/c1-4-20-18(23-14(2)8-11-27(3,25)26)22-10-9-21-17(24)13-15-6-5-7-16(19)12-15/h5-7,12,14H,4,8-11,13H2,1-3H3,(H,21,24)(H2,20,22,23). The van der Waals surface area contributed by atoms with E-state index in [0.717, 1.165) is 0 Å². The molecular weight excluding hydrogens is 371 g/mol. The lowest BCUT2D eigenvalue weighted by molar-refractivity contribution is -0.120. The molecule has 27 heavy (non-hydrogen) atoms. The number of aliphatic imine (C=N–C) groups is 1. The minimum atomic E-state index is -3.00. The molecule has 0 aliphatic carbocycles. The molecule has 1 atom stereocenters. The van der Waals surface area contributed by atoms with Crippen LogP contribution < -0.4 is 16.0 Å². The van der Waals surface area contributed by atoms with E-state index in [-0.39, 0.29) is 29.9 Å². The maximum absolute atomic E-state index is 13.1. The Bertz CT molecular complexity index is 738. The van der Waals surface area contributed by atoms with Gasteiger partial charge in [0.2, 0.25) is 5.91 Å². The molecule has 1 rings (SSSR count). The van der Waals surface area contributed by atoms with Gasteiger partial charge in [0, 0.05) is 25.4 Å². The van der Waals surface area contributed by atoms with Crippen LogP contribution in [0.3, 0.4) is 0 Å². The highest BCUT2D eigenvalue weighted by Crippen LogP contribution is 2.03. The van der Waals surface area contributed by atoms with Gasteiger partial charge in [0.15, 0.2) is 5.96 Å². The van der Waals surface area contributed by atoms with Crippen LogP contribution in [0.5, 0.6) is 0 Å². The van der Waals surface area contributed by atoms with Crippen molar-refractivity contribution in [1.29, 1.82) is 0 Å². The van der Waals surface area contributed by atoms with Crippen LogP contribution in [0.4, 0.5) is 4.39 Å². The molecular formula is C18H29FN4O3S. The SMILES string of the molecule is CCNC(=NCCNC(=O)Cc1cccc(F)c1)NC(C)CCS(C)(=O)=O. The highest BCUT2D eigenvalue weighted by molar-refractivity contribution is 7.90. The summed E-state index contributed by atoms with van der Waals surface area (Å²) in [7, 11) is -3.00. The van der Waals surface area contributed by atoms with Crippen molar-refractivity contribution < 1.29 is 17.6 Å². The van der Waals surface area contributed by atoms with Gasteiger partial charge in [-0.3, -0.25) is 9.79 Å². The molecule has 0 saturated heterocycles. The second kappa shape index (κ2) is 11.5. The quantitative estimate of drug-likeness (QED) is 0.307. The number of sulfone groups is 1. The number of carbonyl (C=O) groups is 1. The highest BCUT2D eigenvalue weighted by atomic mass is 32.2. The van der Waals surface area contributed by atoms with Crippen LogP contribution in [0.15, 0.2) is 29.3 Å². The van der Waals surface area contributed by atoms with Gasteiger partial charge in [0.1, 0.15) is 15.7 Å². The van der Waals surface area contributed by atoms with Crippen molar-refractivity contribution in [1.82, 2.24) is 16.0 Å². The normalized spacial score (nSPS) is 13.1. The molecule has 0 aliphatic rings. The summed E-state index contributed by atoms with van der Waals surface area (Å²) >= 11 is 0. The maximum atomic E-state index is 13.1. The molecule has 1 aromatic carbocycles. The van der Waals surface area contributed by atoms with Gasteiger partial charge in [0.25, 0.3) is 0 Å². The Morgan fingerprint density at radius 2 is 2.04 bits per heavy atom. The van der Waals surface area contributed by atoms with Crippen LogP contribution in [-0.4, -0.2) is 58.0 Å². The Morgan fingerprint density at radius 3 is 2.67 bits per heavy atom. The van der Waals surface area contributed by atoms with Gasteiger partial charge < -0.3 is 16.0 Å². The first-order valence-electron chi connectivity index (χ1n) is 8.93. The topological polar surface area (TPSA) is 99.7 Å². The fourth-order valence-electron chi connectivity index (χ4n) is 2.27. The van der Waals surface area contributed by atoms with E-state index in [4.69, 9.17) is 0 Å². The van der Waals surface area contributed by atoms with E-state index in [1.54, 1.807) is 12.1 Å². The predicted molar refractivity (Wildman–Crippen MR) is 106 cm³/mol. The number of nitrogens with one attached hydrogen (secondary N) is 3. The lowest BCUT2D eigenvalue weighted by Gasteiger charge is -2.17. The molecule has 1 aromatic rings. The van der Waals surface area contributed by atoms with Crippen LogP contribution in [0.1, 0.15) is 25.8 Å². The Labute approximate surface area is 160 Å². The summed E-state index contributed by atoms with van der Waals surface area (Å²) in [4.78, 5) is 16.2. The van der Waals surface area contributed by atoms with Crippen molar-refractivity contribution >= 4 is 21.7 Å². The molecule has 0 aliphatic heterocycles. The number of carbonyl (C=O) groups excluding carboxylic acids is 1. The van der Waals surface area contributed by atoms with Crippen molar-refractivity contribution in [3.63, 3.8) is 0 Å².